The normalized spacial score (nSPS) is 16.4. The van der Waals surface area contributed by atoms with Crippen LogP contribution in [0.2, 0.25) is 0 Å². The summed E-state index contributed by atoms with van der Waals surface area (Å²) in [7, 11) is -3.16. The Morgan fingerprint density at radius 3 is 2.43 bits per heavy atom. The van der Waals surface area contributed by atoms with Crippen LogP contribution < -0.4 is 10.6 Å². The van der Waals surface area contributed by atoms with Crippen LogP contribution in [0, 0.1) is 0 Å². The molecule has 2 amide bonds. The van der Waals surface area contributed by atoms with Crippen molar-refractivity contribution in [2.75, 3.05) is 57.9 Å². The van der Waals surface area contributed by atoms with Gasteiger partial charge in [0.2, 0.25) is 11.8 Å². The number of rotatable bonds is 8. The van der Waals surface area contributed by atoms with Crippen molar-refractivity contribution >= 4 is 21.7 Å². The Balaban J connectivity index is 2.06. The second-order valence-electron chi connectivity index (χ2n) is 4.96. The van der Waals surface area contributed by atoms with Crippen LogP contribution >= 0.6 is 0 Å². The highest BCUT2D eigenvalue weighted by Crippen LogP contribution is 1.94. The Hall–Kier alpha value is -1.19. The first kappa shape index (κ1) is 17.9. The molecule has 0 unspecified atom stereocenters. The Kier molecular flexibility index (Phi) is 7.62. The van der Waals surface area contributed by atoms with Crippen LogP contribution in [0.3, 0.4) is 0 Å². The molecule has 1 fully saturated rings. The van der Waals surface area contributed by atoms with E-state index in [2.05, 4.69) is 15.5 Å². The molecule has 1 aliphatic heterocycles. The van der Waals surface area contributed by atoms with Crippen molar-refractivity contribution in [1.82, 2.24) is 15.5 Å². The number of carbonyl (C=O) groups excluding carboxylic acids is 2. The van der Waals surface area contributed by atoms with E-state index in [1.54, 1.807) is 0 Å². The van der Waals surface area contributed by atoms with Crippen LogP contribution in [0.15, 0.2) is 0 Å². The van der Waals surface area contributed by atoms with Crippen molar-refractivity contribution < 1.29 is 22.7 Å². The zero-order valence-corrected chi connectivity index (χ0v) is 13.1. The monoisotopic (exact) mass is 321 g/mol. The van der Waals surface area contributed by atoms with E-state index in [1.807, 2.05) is 0 Å². The van der Waals surface area contributed by atoms with E-state index in [0.717, 1.165) is 25.9 Å². The summed E-state index contributed by atoms with van der Waals surface area (Å²) in [5.41, 5.74) is 0. The number of nitrogens with zero attached hydrogens (tertiary/aromatic N) is 1. The quantitative estimate of drug-likeness (QED) is 0.535. The summed E-state index contributed by atoms with van der Waals surface area (Å²) in [4.78, 5) is 25.0. The SMILES string of the molecule is CS(=O)(=O)CCC(=O)NCC(=O)NCCN1CCOCC1. The molecule has 1 aliphatic rings. The summed E-state index contributed by atoms with van der Waals surface area (Å²) < 4.78 is 27.0. The molecule has 1 heterocycles. The van der Waals surface area contributed by atoms with Crippen LogP contribution in [0.5, 0.6) is 0 Å². The molecule has 0 aromatic rings. The first-order chi connectivity index (χ1) is 9.87. The smallest absolute Gasteiger partial charge is 0.239 e. The highest BCUT2D eigenvalue weighted by molar-refractivity contribution is 7.90. The third-order valence-electron chi connectivity index (χ3n) is 3.00. The maximum absolute atomic E-state index is 11.5. The largest absolute Gasteiger partial charge is 0.379 e. The third kappa shape index (κ3) is 9.38. The Labute approximate surface area is 125 Å². The van der Waals surface area contributed by atoms with Gasteiger partial charge < -0.3 is 15.4 Å². The third-order valence-corrected chi connectivity index (χ3v) is 3.95. The molecule has 122 valence electrons. The fraction of sp³-hybridized carbons (Fsp3) is 0.833. The van der Waals surface area contributed by atoms with Gasteiger partial charge in [0.05, 0.1) is 25.5 Å². The van der Waals surface area contributed by atoms with Crippen LogP contribution in [0.4, 0.5) is 0 Å². The van der Waals surface area contributed by atoms with Gasteiger partial charge in [0.25, 0.3) is 0 Å². The van der Waals surface area contributed by atoms with Gasteiger partial charge in [-0.05, 0) is 0 Å². The average molecular weight is 321 g/mol. The van der Waals surface area contributed by atoms with E-state index in [1.165, 1.54) is 0 Å². The van der Waals surface area contributed by atoms with Crippen molar-refractivity contribution in [1.29, 1.82) is 0 Å². The zero-order chi connectivity index (χ0) is 15.7. The topological polar surface area (TPSA) is 105 Å². The van der Waals surface area contributed by atoms with E-state index >= 15 is 0 Å². The molecular formula is C12H23N3O5S. The molecule has 0 aromatic carbocycles. The van der Waals surface area contributed by atoms with Gasteiger partial charge in [0.15, 0.2) is 0 Å². The van der Waals surface area contributed by atoms with Crippen molar-refractivity contribution in [3.63, 3.8) is 0 Å². The van der Waals surface area contributed by atoms with E-state index < -0.39 is 15.7 Å². The van der Waals surface area contributed by atoms with Gasteiger partial charge in [-0.3, -0.25) is 14.5 Å². The number of ether oxygens (including phenoxy) is 1. The van der Waals surface area contributed by atoms with Crippen molar-refractivity contribution in [2.24, 2.45) is 0 Å². The van der Waals surface area contributed by atoms with Gasteiger partial charge in [-0.1, -0.05) is 0 Å². The van der Waals surface area contributed by atoms with E-state index in [9.17, 15) is 18.0 Å². The van der Waals surface area contributed by atoms with E-state index in [-0.39, 0.29) is 24.6 Å². The summed E-state index contributed by atoms with van der Waals surface area (Å²) in [5, 5.41) is 5.10. The summed E-state index contributed by atoms with van der Waals surface area (Å²) in [6.45, 7) is 4.27. The highest BCUT2D eigenvalue weighted by Gasteiger charge is 2.11. The molecule has 0 saturated carbocycles. The summed E-state index contributed by atoms with van der Waals surface area (Å²) in [6.07, 6.45) is 0.943. The molecule has 21 heavy (non-hydrogen) atoms. The van der Waals surface area contributed by atoms with E-state index in [4.69, 9.17) is 4.74 Å². The molecule has 1 rings (SSSR count). The van der Waals surface area contributed by atoms with Gasteiger partial charge in [0, 0.05) is 38.9 Å². The number of nitrogens with one attached hydrogen (secondary N) is 2. The molecule has 8 nitrogen and oxygen atoms in total. The number of amides is 2. The molecular weight excluding hydrogens is 298 g/mol. The Morgan fingerprint density at radius 2 is 1.81 bits per heavy atom. The Morgan fingerprint density at radius 1 is 1.14 bits per heavy atom. The fourth-order valence-corrected chi connectivity index (χ4v) is 2.34. The number of sulfone groups is 1. The molecule has 0 radical (unpaired) electrons. The summed E-state index contributed by atoms with van der Waals surface area (Å²) in [6, 6.07) is 0. The standard InChI is InChI=1S/C12H23N3O5S/c1-21(18,19)9-2-11(16)14-10-12(17)13-3-4-15-5-7-20-8-6-15/h2-10H2,1H3,(H,13,17)(H,14,16). The summed E-state index contributed by atoms with van der Waals surface area (Å²) >= 11 is 0. The maximum atomic E-state index is 11.5. The van der Waals surface area contributed by atoms with Crippen LogP contribution in [0.25, 0.3) is 0 Å². The van der Waals surface area contributed by atoms with Gasteiger partial charge in [-0.2, -0.15) is 0 Å². The highest BCUT2D eigenvalue weighted by atomic mass is 32.2. The number of morpholine rings is 1. The number of carbonyl (C=O) groups is 2. The molecule has 1 saturated heterocycles. The lowest BCUT2D eigenvalue weighted by molar-refractivity contribution is -0.125. The number of hydrogen-bond acceptors (Lipinski definition) is 6. The fourth-order valence-electron chi connectivity index (χ4n) is 1.79. The van der Waals surface area contributed by atoms with Gasteiger partial charge in [-0.15, -0.1) is 0 Å². The van der Waals surface area contributed by atoms with Gasteiger partial charge >= 0.3 is 0 Å². The first-order valence-corrected chi connectivity index (χ1v) is 8.94. The molecule has 0 aliphatic carbocycles. The van der Waals surface area contributed by atoms with Crippen LogP contribution in [-0.4, -0.2) is 83.1 Å². The molecule has 0 aromatic heterocycles. The summed E-state index contributed by atoms with van der Waals surface area (Å²) in [5.74, 6) is -0.933. The lowest BCUT2D eigenvalue weighted by atomic mass is 10.4. The molecule has 0 spiro atoms. The minimum Gasteiger partial charge on any atom is -0.379 e. The lowest BCUT2D eigenvalue weighted by Gasteiger charge is -2.26. The minimum atomic E-state index is -3.16. The first-order valence-electron chi connectivity index (χ1n) is 6.88. The minimum absolute atomic E-state index is 0.125. The zero-order valence-electron chi connectivity index (χ0n) is 12.3. The molecule has 9 heteroatoms. The van der Waals surface area contributed by atoms with Crippen molar-refractivity contribution in [3.05, 3.63) is 0 Å². The van der Waals surface area contributed by atoms with Crippen LogP contribution in [0.1, 0.15) is 6.42 Å². The predicted molar refractivity (Wildman–Crippen MR) is 77.6 cm³/mol. The number of hydrogen-bond donors (Lipinski definition) is 2. The van der Waals surface area contributed by atoms with Crippen molar-refractivity contribution in [2.45, 2.75) is 6.42 Å². The lowest BCUT2D eigenvalue weighted by Crippen LogP contribution is -2.43. The van der Waals surface area contributed by atoms with Gasteiger partial charge in [-0.25, -0.2) is 8.42 Å². The Bertz CT molecular complexity index is 446. The van der Waals surface area contributed by atoms with Crippen LogP contribution in [-0.2, 0) is 24.2 Å². The molecule has 0 atom stereocenters. The van der Waals surface area contributed by atoms with E-state index in [0.29, 0.717) is 19.8 Å². The predicted octanol–water partition coefficient (Wildman–Crippen LogP) is -2.01. The second kappa shape index (κ2) is 8.96. The molecule has 2 N–H and O–H groups in total. The van der Waals surface area contributed by atoms with Gasteiger partial charge in [0.1, 0.15) is 9.84 Å². The van der Waals surface area contributed by atoms with Crippen molar-refractivity contribution in [3.8, 4) is 0 Å². The second-order valence-corrected chi connectivity index (χ2v) is 7.22. The molecule has 0 bridgehead atoms. The average Bonchev–Trinajstić information content (AvgIpc) is 2.43. The maximum Gasteiger partial charge on any atom is 0.239 e.